The SMILES string of the molecule is C=C(C)C(N=C(C)N)(c1cc(-c2cc(C)cs2)cs1)C1CC1. The number of aliphatic imine (C=N–C) groups is 1. The Kier molecular flexibility index (Phi) is 4.00. The summed E-state index contributed by atoms with van der Waals surface area (Å²) in [7, 11) is 0. The van der Waals surface area contributed by atoms with Gasteiger partial charge in [0.2, 0.25) is 0 Å². The maximum absolute atomic E-state index is 5.96. The second kappa shape index (κ2) is 5.67. The van der Waals surface area contributed by atoms with Crippen molar-refractivity contribution >= 4 is 28.5 Å². The molecule has 1 unspecified atom stereocenters. The number of thiophene rings is 2. The van der Waals surface area contributed by atoms with Gasteiger partial charge >= 0.3 is 0 Å². The predicted octanol–water partition coefficient (Wildman–Crippen LogP) is 5.34. The first kappa shape index (κ1) is 15.5. The van der Waals surface area contributed by atoms with E-state index in [9.17, 15) is 0 Å². The van der Waals surface area contributed by atoms with E-state index >= 15 is 0 Å². The van der Waals surface area contributed by atoms with Crippen LogP contribution in [-0.4, -0.2) is 5.84 Å². The van der Waals surface area contributed by atoms with Gasteiger partial charge in [0.25, 0.3) is 0 Å². The van der Waals surface area contributed by atoms with Crippen LogP contribution in [0.15, 0.2) is 40.0 Å². The zero-order valence-electron chi connectivity index (χ0n) is 13.3. The minimum absolute atomic E-state index is 0.325. The molecule has 2 N–H and O–H groups in total. The summed E-state index contributed by atoms with van der Waals surface area (Å²) in [6.45, 7) is 10.3. The Balaban J connectivity index is 2.08. The monoisotopic (exact) mass is 330 g/mol. The zero-order chi connectivity index (χ0) is 15.9. The van der Waals surface area contributed by atoms with E-state index in [1.807, 2.05) is 6.92 Å². The van der Waals surface area contributed by atoms with Crippen LogP contribution in [-0.2, 0) is 5.54 Å². The fourth-order valence-corrected chi connectivity index (χ4v) is 5.20. The van der Waals surface area contributed by atoms with Crippen LogP contribution in [0.2, 0.25) is 0 Å². The average molecular weight is 331 g/mol. The van der Waals surface area contributed by atoms with E-state index < -0.39 is 0 Å². The van der Waals surface area contributed by atoms with E-state index in [1.165, 1.54) is 33.7 Å². The van der Waals surface area contributed by atoms with Crippen LogP contribution in [0.4, 0.5) is 0 Å². The third-order valence-corrected chi connectivity index (χ3v) is 6.31. The highest BCUT2D eigenvalue weighted by Gasteiger charge is 2.48. The first-order valence-corrected chi connectivity index (χ1v) is 9.32. The van der Waals surface area contributed by atoms with Crippen molar-refractivity contribution in [3.05, 3.63) is 45.5 Å². The highest BCUT2D eigenvalue weighted by atomic mass is 32.1. The smallest absolute Gasteiger partial charge is 0.120 e. The van der Waals surface area contributed by atoms with E-state index in [0.717, 1.165) is 5.57 Å². The van der Waals surface area contributed by atoms with E-state index in [2.05, 4.69) is 43.3 Å². The van der Waals surface area contributed by atoms with Gasteiger partial charge in [0.1, 0.15) is 5.54 Å². The molecule has 2 aromatic heterocycles. The van der Waals surface area contributed by atoms with Crippen molar-refractivity contribution in [2.24, 2.45) is 16.6 Å². The molecule has 116 valence electrons. The number of hydrogen-bond donors (Lipinski definition) is 1. The van der Waals surface area contributed by atoms with Gasteiger partial charge in [-0.05, 0) is 73.6 Å². The maximum atomic E-state index is 5.96. The fraction of sp³-hybridized carbons (Fsp3) is 0.389. The molecule has 0 aliphatic heterocycles. The van der Waals surface area contributed by atoms with Crippen LogP contribution in [0.3, 0.4) is 0 Å². The molecule has 2 aromatic rings. The van der Waals surface area contributed by atoms with Gasteiger partial charge in [0.15, 0.2) is 0 Å². The van der Waals surface area contributed by atoms with Gasteiger partial charge in [0, 0.05) is 15.3 Å². The second-order valence-electron chi connectivity index (χ2n) is 6.26. The molecular weight excluding hydrogens is 308 g/mol. The van der Waals surface area contributed by atoms with E-state index in [0.29, 0.717) is 11.8 Å². The predicted molar refractivity (Wildman–Crippen MR) is 98.9 cm³/mol. The number of amidine groups is 1. The highest BCUT2D eigenvalue weighted by molar-refractivity contribution is 7.14. The lowest BCUT2D eigenvalue weighted by atomic mass is 9.85. The normalized spacial score (nSPS) is 18.2. The Morgan fingerprint density at radius 1 is 1.27 bits per heavy atom. The minimum Gasteiger partial charge on any atom is -0.388 e. The average Bonchev–Trinajstić information content (AvgIpc) is 3.00. The molecule has 0 spiro atoms. The summed E-state index contributed by atoms with van der Waals surface area (Å²) in [4.78, 5) is 7.45. The lowest BCUT2D eigenvalue weighted by Gasteiger charge is -2.30. The van der Waals surface area contributed by atoms with Gasteiger partial charge in [-0.1, -0.05) is 6.58 Å². The van der Waals surface area contributed by atoms with Crippen molar-refractivity contribution in [2.75, 3.05) is 0 Å². The van der Waals surface area contributed by atoms with Crippen molar-refractivity contribution < 1.29 is 0 Å². The van der Waals surface area contributed by atoms with Crippen LogP contribution in [0.1, 0.15) is 37.1 Å². The van der Waals surface area contributed by atoms with Crippen molar-refractivity contribution in [1.82, 2.24) is 0 Å². The second-order valence-corrected chi connectivity index (χ2v) is 8.08. The first-order valence-electron chi connectivity index (χ1n) is 7.56. The molecule has 22 heavy (non-hydrogen) atoms. The molecule has 1 aliphatic rings. The lowest BCUT2D eigenvalue weighted by Crippen LogP contribution is -2.29. The van der Waals surface area contributed by atoms with Gasteiger partial charge in [-0.3, -0.25) is 4.99 Å². The number of rotatable bonds is 5. The number of nitrogens with two attached hydrogens (primary N) is 1. The van der Waals surface area contributed by atoms with Crippen LogP contribution >= 0.6 is 22.7 Å². The van der Waals surface area contributed by atoms with Gasteiger partial charge in [-0.25, -0.2) is 0 Å². The third kappa shape index (κ3) is 2.66. The number of aryl methyl sites for hydroxylation is 1. The molecule has 0 bridgehead atoms. The van der Waals surface area contributed by atoms with Gasteiger partial charge in [-0.15, -0.1) is 22.7 Å². The molecule has 1 atom stereocenters. The van der Waals surface area contributed by atoms with Crippen molar-refractivity contribution in [1.29, 1.82) is 0 Å². The quantitative estimate of drug-likeness (QED) is 0.448. The molecule has 1 saturated carbocycles. The van der Waals surface area contributed by atoms with Crippen LogP contribution in [0.5, 0.6) is 0 Å². The number of hydrogen-bond acceptors (Lipinski definition) is 3. The molecular formula is C18H22N2S2. The Morgan fingerprint density at radius 3 is 2.50 bits per heavy atom. The Bertz CT molecular complexity index is 730. The van der Waals surface area contributed by atoms with Gasteiger partial charge < -0.3 is 5.73 Å². The molecule has 0 aromatic carbocycles. The number of nitrogens with zero attached hydrogens (tertiary/aromatic N) is 1. The summed E-state index contributed by atoms with van der Waals surface area (Å²) >= 11 is 3.58. The first-order chi connectivity index (χ1) is 10.4. The van der Waals surface area contributed by atoms with Crippen molar-refractivity contribution in [2.45, 2.75) is 39.2 Å². The van der Waals surface area contributed by atoms with Crippen LogP contribution in [0.25, 0.3) is 10.4 Å². The van der Waals surface area contributed by atoms with Crippen LogP contribution in [0, 0.1) is 12.8 Å². The van der Waals surface area contributed by atoms with Crippen LogP contribution < -0.4 is 5.73 Å². The minimum atomic E-state index is -0.325. The summed E-state index contributed by atoms with van der Waals surface area (Å²) in [5.41, 5.74) is 9.33. The van der Waals surface area contributed by atoms with Gasteiger partial charge in [-0.2, -0.15) is 0 Å². The largest absolute Gasteiger partial charge is 0.388 e. The van der Waals surface area contributed by atoms with Crippen molar-refractivity contribution in [3.63, 3.8) is 0 Å². The topological polar surface area (TPSA) is 38.4 Å². The molecule has 1 aliphatic carbocycles. The lowest BCUT2D eigenvalue weighted by molar-refractivity contribution is 0.470. The molecule has 3 rings (SSSR count). The molecule has 0 amide bonds. The Hall–Kier alpha value is -1.39. The van der Waals surface area contributed by atoms with E-state index in [-0.39, 0.29) is 5.54 Å². The highest BCUT2D eigenvalue weighted by Crippen LogP contribution is 2.54. The van der Waals surface area contributed by atoms with Crippen molar-refractivity contribution in [3.8, 4) is 10.4 Å². The van der Waals surface area contributed by atoms with Gasteiger partial charge in [0.05, 0.1) is 5.84 Å². The molecule has 4 heteroatoms. The summed E-state index contributed by atoms with van der Waals surface area (Å²) < 4.78 is 0. The summed E-state index contributed by atoms with van der Waals surface area (Å²) in [5, 5.41) is 4.43. The molecule has 0 radical (unpaired) electrons. The molecule has 1 fully saturated rings. The maximum Gasteiger partial charge on any atom is 0.120 e. The zero-order valence-corrected chi connectivity index (χ0v) is 15.0. The molecule has 0 saturated heterocycles. The fourth-order valence-electron chi connectivity index (χ4n) is 3.03. The standard InChI is InChI=1S/C18H22N2S2/c1-11(2)18(15-5-6-15,20-13(4)19)17-8-14(10-22-17)16-7-12(3)9-21-16/h7-10,15H,1,5-6H2,2-4H3,(H2,19,20). The summed E-state index contributed by atoms with van der Waals surface area (Å²) in [6.07, 6.45) is 2.41. The molecule has 2 heterocycles. The molecule has 2 nitrogen and oxygen atoms in total. The van der Waals surface area contributed by atoms with E-state index in [4.69, 9.17) is 10.7 Å². The Morgan fingerprint density at radius 2 is 2.00 bits per heavy atom. The summed E-state index contributed by atoms with van der Waals surface area (Å²) in [6, 6.07) is 4.53. The van der Waals surface area contributed by atoms with E-state index in [1.54, 1.807) is 22.7 Å². The summed E-state index contributed by atoms with van der Waals surface area (Å²) in [5.74, 6) is 1.18. The Labute approximate surface area is 140 Å². The third-order valence-electron chi connectivity index (χ3n) is 4.16.